The van der Waals surface area contributed by atoms with Gasteiger partial charge in [0.05, 0.1) is 0 Å². The SMILES string of the molecule is CCn1c(Cc2ccccc2)nnc1SCc1cccnc1. The van der Waals surface area contributed by atoms with Gasteiger partial charge >= 0.3 is 0 Å². The van der Waals surface area contributed by atoms with Crippen molar-refractivity contribution < 1.29 is 0 Å². The molecule has 0 aliphatic heterocycles. The Hall–Kier alpha value is -2.14. The summed E-state index contributed by atoms with van der Waals surface area (Å²) >= 11 is 1.71. The van der Waals surface area contributed by atoms with E-state index < -0.39 is 0 Å². The molecule has 0 fully saturated rings. The van der Waals surface area contributed by atoms with Crippen LogP contribution in [0.25, 0.3) is 0 Å². The Morgan fingerprint density at radius 1 is 1.00 bits per heavy atom. The van der Waals surface area contributed by atoms with Crippen LogP contribution in [0.3, 0.4) is 0 Å². The summed E-state index contributed by atoms with van der Waals surface area (Å²) in [5.74, 6) is 1.87. The topological polar surface area (TPSA) is 43.6 Å². The van der Waals surface area contributed by atoms with Crippen molar-refractivity contribution in [3.8, 4) is 0 Å². The molecule has 5 heteroatoms. The van der Waals surface area contributed by atoms with E-state index in [2.05, 4.69) is 57.0 Å². The lowest BCUT2D eigenvalue weighted by Gasteiger charge is -2.07. The zero-order chi connectivity index (χ0) is 15.2. The van der Waals surface area contributed by atoms with E-state index in [0.29, 0.717) is 0 Å². The third-order valence-corrected chi connectivity index (χ3v) is 4.44. The molecule has 0 saturated heterocycles. The van der Waals surface area contributed by atoms with Gasteiger partial charge in [-0.1, -0.05) is 48.2 Å². The van der Waals surface area contributed by atoms with Crippen LogP contribution in [0, 0.1) is 0 Å². The first-order chi connectivity index (χ1) is 10.9. The Balaban J connectivity index is 1.73. The van der Waals surface area contributed by atoms with Crippen molar-refractivity contribution in [3.05, 3.63) is 71.8 Å². The van der Waals surface area contributed by atoms with E-state index >= 15 is 0 Å². The normalized spacial score (nSPS) is 10.8. The van der Waals surface area contributed by atoms with Crippen LogP contribution in [-0.2, 0) is 18.7 Å². The molecule has 1 aromatic carbocycles. The number of thioether (sulfide) groups is 1. The Labute approximate surface area is 134 Å². The lowest BCUT2D eigenvalue weighted by atomic mass is 10.1. The maximum Gasteiger partial charge on any atom is 0.191 e. The number of hydrogen-bond donors (Lipinski definition) is 0. The van der Waals surface area contributed by atoms with Gasteiger partial charge in [-0.05, 0) is 24.1 Å². The molecule has 0 saturated carbocycles. The first-order valence-electron chi connectivity index (χ1n) is 7.34. The van der Waals surface area contributed by atoms with E-state index in [1.54, 1.807) is 18.0 Å². The Morgan fingerprint density at radius 2 is 1.82 bits per heavy atom. The minimum Gasteiger partial charge on any atom is -0.306 e. The lowest BCUT2D eigenvalue weighted by Crippen LogP contribution is -2.04. The minimum atomic E-state index is 0.815. The Bertz CT molecular complexity index is 710. The second-order valence-corrected chi connectivity index (χ2v) is 5.90. The smallest absolute Gasteiger partial charge is 0.191 e. The molecule has 22 heavy (non-hydrogen) atoms. The van der Waals surface area contributed by atoms with Crippen LogP contribution in [0.1, 0.15) is 23.9 Å². The average molecular weight is 310 g/mol. The summed E-state index contributed by atoms with van der Waals surface area (Å²) in [5.41, 5.74) is 2.45. The molecule has 2 heterocycles. The van der Waals surface area contributed by atoms with E-state index in [4.69, 9.17) is 0 Å². The highest BCUT2D eigenvalue weighted by molar-refractivity contribution is 7.98. The molecular weight excluding hydrogens is 292 g/mol. The van der Waals surface area contributed by atoms with Crippen LogP contribution in [0.4, 0.5) is 0 Å². The van der Waals surface area contributed by atoms with Crippen LogP contribution in [0.15, 0.2) is 60.0 Å². The highest BCUT2D eigenvalue weighted by Crippen LogP contribution is 2.22. The zero-order valence-corrected chi connectivity index (χ0v) is 13.3. The van der Waals surface area contributed by atoms with Gasteiger partial charge in [0.25, 0.3) is 0 Å². The van der Waals surface area contributed by atoms with Crippen LogP contribution in [-0.4, -0.2) is 19.7 Å². The summed E-state index contributed by atoms with van der Waals surface area (Å²) in [4.78, 5) is 4.14. The first-order valence-corrected chi connectivity index (χ1v) is 8.33. The summed E-state index contributed by atoms with van der Waals surface area (Å²) in [5, 5.41) is 9.69. The van der Waals surface area contributed by atoms with Crippen LogP contribution in [0.2, 0.25) is 0 Å². The van der Waals surface area contributed by atoms with Gasteiger partial charge in [-0.2, -0.15) is 0 Å². The molecule has 2 aromatic heterocycles. The van der Waals surface area contributed by atoms with Crippen molar-refractivity contribution in [2.24, 2.45) is 0 Å². The van der Waals surface area contributed by atoms with Gasteiger partial charge in [-0.15, -0.1) is 10.2 Å². The van der Waals surface area contributed by atoms with Crippen molar-refractivity contribution in [1.29, 1.82) is 0 Å². The van der Waals surface area contributed by atoms with Gasteiger partial charge in [-0.3, -0.25) is 4.98 Å². The van der Waals surface area contributed by atoms with Gasteiger partial charge in [0.2, 0.25) is 0 Å². The molecule has 0 radical (unpaired) electrons. The molecule has 0 amide bonds. The highest BCUT2D eigenvalue weighted by atomic mass is 32.2. The second-order valence-electron chi connectivity index (χ2n) is 4.96. The Kier molecular flexibility index (Phi) is 4.85. The Morgan fingerprint density at radius 3 is 2.55 bits per heavy atom. The van der Waals surface area contributed by atoms with Gasteiger partial charge in [0, 0.05) is 31.1 Å². The largest absolute Gasteiger partial charge is 0.306 e. The lowest BCUT2D eigenvalue weighted by molar-refractivity contribution is 0.651. The van der Waals surface area contributed by atoms with E-state index in [0.717, 1.165) is 29.7 Å². The van der Waals surface area contributed by atoms with E-state index in [-0.39, 0.29) is 0 Å². The van der Waals surface area contributed by atoms with Crippen molar-refractivity contribution in [1.82, 2.24) is 19.7 Å². The molecule has 0 atom stereocenters. The van der Waals surface area contributed by atoms with Crippen LogP contribution < -0.4 is 0 Å². The average Bonchev–Trinajstić information content (AvgIpc) is 2.96. The molecule has 4 nitrogen and oxygen atoms in total. The number of nitrogens with zero attached hydrogens (tertiary/aromatic N) is 4. The number of hydrogen-bond acceptors (Lipinski definition) is 4. The fraction of sp³-hybridized carbons (Fsp3) is 0.235. The molecule has 0 aliphatic carbocycles. The van der Waals surface area contributed by atoms with Crippen molar-refractivity contribution in [3.63, 3.8) is 0 Å². The molecule has 3 rings (SSSR count). The molecule has 3 aromatic rings. The molecule has 0 N–H and O–H groups in total. The number of benzene rings is 1. The van der Waals surface area contributed by atoms with E-state index in [1.165, 1.54) is 11.1 Å². The van der Waals surface area contributed by atoms with Gasteiger partial charge < -0.3 is 4.57 Å². The van der Waals surface area contributed by atoms with Crippen molar-refractivity contribution in [2.45, 2.75) is 30.8 Å². The fourth-order valence-corrected chi connectivity index (χ4v) is 3.24. The molecule has 0 bridgehead atoms. The van der Waals surface area contributed by atoms with Crippen molar-refractivity contribution in [2.75, 3.05) is 0 Å². The summed E-state index contributed by atoms with van der Waals surface area (Å²) < 4.78 is 2.19. The number of pyridine rings is 1. The maximum absolute atomic E-state index is 4.37. The third kappa shape index (κ3) is 3.54. The predicted molar refractivity (Wildman–Crippen MR) is 88.7 cm³/mol. The fourth-order valence-electron chi connectivity index (χ4n) is 2.28. The minimum absolute atomic E-state index is 0.815. The standard InChI is InChI=1S/C17H18N4S/c1-2-21-16(11-14-7-4-3-5-8-14)19-20-17(21)22-13-15-9-6-10-18-12-15/h3-10,12H,2,11,13H2,1H3. The highest BCUT2D eigenvalue weighted by Gasteiger charge is 2.11. The molecular formula is C17H18N4S. The molecule has 0 unspecified atom stereocenters. The summed E-state index contributed by atoms with van der Waals surface area (Å²) in [6, 6.07) is 14.4. The predicted octanol–water partition coefficient (Wildman–Crippen LogP) is 3.58. The van der Waals surface area contributed by atoms with E-state index in [9.17, 15) is 0 Å². The third-order valence-electron chi connectivity index (χ3n) is 3.41. The monoisotopic (exact) mass is 310 g/mol. The number of aromatic nitrogens is 4. The van der Waals surface area contributed by atoms with Crippen LogP contribution in [0.5, 0.6) is 0 Å². The molecule has 112 valence electrons. The quantitative estimate of drug-likeness (QED) is 0.653. The van der Waals surface area contributed by atoms with E-state index in [1.807, 2.05) is 18.3 Å². The van der Waals surface area contributed by atoms with Crippen LogP contribution >= 0.6 is 11.8 Å². The molecule has 0 spiro atoms. The summed E-state index contributed by atoms with van der Waals surface area (Å²) in [7, 11) is 0. The zero-order valence-electron chi connectivity index (χ0n) is 12.5. The van der Waals surface area contributed by atoms with Gasteiger partial charge in [-0.25, -0.2) is 0 Å². The van der Waals surface area contributed by atoms with Gasteiger partial charge in [0.15, 0.2) is 5.16 Å². The second kappa shape index (κ2) is 7.22. The maximum atomic E-state index is 4.37. The summed E-state index contributed by atoms with van der Waals surface area (Å²) in [6.07, 6.45) is 4.50. The first kappa shape index (κ1) is 14.8. The summed E-state index contributed by atoms with van der Waals surface area (Å²) in [6.45, 7) is 3.01. The van der Waals surface area contributed by atoms with Gasteiger partial charge in [0.1, 0.15) is 5.82 Å². The molecule has 0 aliphatic rings. The van der Waals surface area contributed by atoms with Crippen molar-refractivity contribution >= 4 is 11.8 Å². The number of rotatable bonds is 6.